The van der Waals surface area contributed by atoms with Crippen molar-refractivity contribution in [2.75, 3.05) is 11.9 Å². The second-order valence-corrected chi connectivity index (χ2v) is 7.04. The molecule has 30 heavy (non-hydrogen) atoms. The zero-order valence-electron chi connectivity index (χ0n) is 16.6. The Morgan fingerprint density at radius 3 is 1.87 bits per heavy atom. The van der Waals surface area contributed by atoms with Crippen molar-refractivity contribution in [3.63, 3.8) is 0 Å². The van der Waals surface area contributed by atoms with Crippen LogP contribution in [0.2, 0.25) is 0 Å². The van der Waals surface area contributed by atoms with E-state index >= 15 is 0 Å². The molecule has 0 aliphatic heterocycles. The number of hydrogen-bond donors (Lipinski definition) is 3. The summed E-state index contributed by atoms with van der Waals surface area (Å²) in [4.78, 5) is 24.9. The Labute approximate surface area is 181 Å². The van der Waals surface area contributed by atoms with Crippen molar-refractivity contribution >= 4 is 34.8 Å². The predicted octanol–water partition coefficient (Wildman–Crippen LogP) is 4.08. The summed E-state index contributed by atoms with van der Waals surface area (Å²) >= 11 is 5.34. The van der Waals surface area contributed by atoms with Gasteiger partial charge in [-0.3, -0.25) is 9.59 Å². The number of benzene rings is 3. The Morgan fingerprint density at radius 1 is 0.833 bits per heavy atom. The molecular formula is C24H23N3O2S. The fourth-order valence-electron chi connectivity index (χ4n) is 3.10. The van der Waals surface area contributed by atoms with E-state index in [4.69, 9.17) is 12.2 Å². The van der Waals surface area contributed by atoms with Crippen LogP contribution in [0.5, 0.6) is 0 Å². The van der Waals surface area contributed by atoms with Crippen LogP contribution in [-0.2, 0) is 4.79 Å². The molecular weight excluding hydrogens is 394 g/mol. The van der Waals surface area contributed by atoms with Gasteiger partial charge in [-0.2, -0.15) is 0 Å². The van der Waals surface area contributed by atoms with E-state index in [2.05, 4.69) is 16.0 Å². The van der Waals surface area contributed by atoms with Gasteiger partial charge < -0.3 is 16.0 Å². The molecule has 0 atom stereocenters. The van der Waals surface area contributed by atoms with Gasteiger partial charge in [0, 0.05) is 17.8 Å². The lowest BCUT2D eigenvalue weighted by Gasteiger charge is -2.18. The number of nitrogens with one attached hydrogen (secondary N) is 3. The van der Waals surface area contributed by atoms with Crippen molar-refractivity contribution < 1.29 is 9.59 Å². The number of hydrogen-bond acceptors (Lipinski definition) is 3. The summed E-state index contributed by atoms with van der Waals surface area (Å²) in [5.74, 6) is -0.829. The maximum Gasteiger partial charge on any atom is 0.251 e. The van der Waals surface area contributed by atoms with Gasteiger partial charge in [0.2, 0.25) is 5.91 Å². The Bertz CT molecular complexity index is 966. The summed E-state index contributed by atoms with van der Waals surface area (Å²) in [6.45, 7) is 2.44. The lowest BCUT2D eigenvalue weighted by atomic mass is 9.90. The van der Waals surface area contributed by atoms with Gasteiger partial charge in [-0.05, 0) is 54.5 Å². The molecule has 3 aromatic rings. The van der Waals surface area contributed by atoms with Gasteiger partial charge in [-0.15, -0.1) is 0 Å². The van der Waals surface area contributed by atoms with Crippen molar-refractivity contribution in [3.8, 4) is 0 Å². The van der Waals surface area contributed by atoms with Crippen LogP contribution >= 0.6 is 12.2 Å². The Balaban J connectivity index is 1.70. The largest absolute Gasteiger partial charge is 0.352 e. The third-order valence-corrected chi connectivity index (χ3v) is 4.71. The maximum absolute atomic E-state index is 13.1. The number of rotatable bonds is 6. The minimum absolute atomic E-state index is 0.131. The summed E-state index contributed by atoms with van der Waals surface area (Å²) in [6.07, 6.45) is 0. The highest BCUT2D eigenvalue weighted by atomic mass is 32.1. The van der Waals surface area contributed by atoms with E-state index in [-0.39, 0.29) is 16.9 Å². The third kappa shape index (κ3) is 5.52. The van der Waals surface area contributed by atoms with Crippen LogP contribution in [0.25, 0.3) is 0 Å². The van der Waals surface area contributed by atoms with Crippen LogP contribution in [0.15, 0.2) is 84.9 Å². The molecule has 5 nitrogen and oxygen atoms in total. The summed E-state index contributed by atoms with van der Waals surface area (Å²) in [5.41, 5.74) is 3.01. The van der Waals surface area contributed by atoms with E-state index < -0.39 is 5.92 Å². The van der Waals surface area contributed by atoms with Gasteiger partial charge in [0.05, 0.1) is 5.92 Å². The van der Waals surface area contributed by atoms with Crippen LogP contribution < -0.4 is 16.0 Å². The van der Waals surface area contributed by atoms with E-state index in [0.29, 0.717) is 17.8 Å². The molecule has 0 radical (unpaired) electrons. The molecule has 152 valence electrons. The highest BCUT2D eigenvalue weighted by Crippen LogP contribution is 2.24. The molecule has 0 spiro atoms. The molecule has 3 N–H and O–H groups in total. The zero-order valence-corrected chi connectivity index (χ0v) is 17.4. The smallest absolute Gasteiger partial charge is 0.251 e. The first-order valence-corrected chi connectivity index (χ1v) is 10.1. The Kier molecular flexibility index (Phi) is 7.29. The monoisotopic (exact) mass is 417 g/mol. The van der Waals surface area contributed by atoms with Gasteiger partial charge in [0.15, 0.2) is 5.11 Å². The second kappa shape index (κ2) is 10.3. The van der Waals surface area contributed by atoms with E-state index in [1.807, 2.05) is 67.6 Å². The molecule has 3 rings (SSSR count). The molecule has 3 aromatic carbocycles. The van der Waals surface area contributed by atoms with Gasteiger partial charge in [-0.1, -0.05) is 60.7 Å². The molecule has 0 aliphatic rings. The molecule has 0 fully saturated rings. The fraction of sp³-hybridized carbons (Fsp3) is 0.125. The van der Waals surface area contributed by atoms with Crippen LogP contribution in [0.1, 0.15) is 34.3 Å². The van der Waals surface area contributed by atoms with Crippen molar-refractivity contribution in [1.82, 2.24) is 10.6 Å². The normalized spacial score (nSPS) is 10.3. The minimum atomic E-state index is -0.479. The van der Waals surface area contributed by atoms with Gasteiger partial charge in [0.25, 0.3) is 5.91 Å². The van der Waals surface area contributed by atoms with Crippen molar-refractivity contribution in [1.29, 1.82) is 0 Å². The SMILES string of the molecule is CCNC(=O)c1ccc(NC(=S)NC(=O)C(c2ccccc2)c2ccccc2)cc1. The zero-order chi connectivity index (χ0) is 21.3. The van der Waals surface area contributed by atoms with E-state index in [9.17, 15) is 9.59 Å². The van der Waals surface area contributed by atoms with Crippen LogP contribution in [-0.4, -0.2) is 23.5 Å². The minimum Gasteiger partial charge on any atom is -0.352 e. The molecule has 0 saturated heterocycles. The van der Waals surface area contributed by atoms with Gasteiger partial charge in [-0.25, -0.2) is 0 Å². The lowest BCUT2D eigenvalue weighted by Crippen LogP contribution is -2.37. The van der Waals surface area contributed by atoms with E-state index in [1.165, 1.54) is 0 Å². The van der Waals surface area contributed by atoms with E-state index in [1.54, 1.807) is 24.3 Å². The molecule has 0 aliphatic carbocycles. The second-order valence-electron chi connectivity index (χ2n) is 6.63. The average molecular weight is 418 g/mol. The van der Waals surface area contributed by atoms with Crippen LogP contribution in [0, 0.1) is 0 Å². The van der Waals surface area contributed by atoms with Crippen LogP contribution in [0.4, 0.5) is 5.69 Å². The highest BCUT2D eigenvalue weighted by molar-refractivity contribution is 7.80. The summed E-state index contributed by atoms with van der Waals surface area (Å²) < 4.78 is 0. The quantitative estimate of drug-likeness (QED) is 0.529. The van der Waals surface area contributed by atoms with Crippen molar-refractivity contribution in [3.05, 3.63) is 102 Å². The standard InChI is InChI=1S/C24H23N3O2S/c1-2-25-22(28)19-13-15-20(16-14-19)26-24(30)27-23(29)21(17-9-5-3-6-10-17)18-11-7-4-8-12-18/h3-16,21H,2H2,1H3,(H,25,28)(H2,26,27,29,30). The molecule has 6 heteroatoms. The number of thiocarbonyl (C=S) groups is 1. The van der Waals surface area contributed by atoms with Crippen molar-refractivity contribution in [2.45, 2.75) is 12.8 Å². The summed E-state index contributed by atoms with van der Waals surface area (Å²) in [6, 6.07) is 26.1. The summed E-state index contributed by atoms with van der Waals surface area (Å²) in [5, 5.41) is 8.73. The number of amides is 2. The maximum atomic E-state index is 13.1. The van der Waals surface area contributed by atoms with Crippen molar-refractivity contribution in [2.24, 2.45) is 0 Å². The summed E-state index contributed by atoms with van der Waals surface area (Å²) in [7, 11) is 0. The first-order chi connectivity index (χ1) is 14.6. The number of carbonyl (C=O) groups excluding carboxylic acids is 2. The van der Waals surface area contributed by atoms with Gasteiger partial charge in [0.1, 0.15) is 0 Å². The van der Waals surface area contributed by atoms with E-state index in [0.717, 1.165) is 11.1 Å². The Morgan fingerprint density at radius 2 is 1.37 bits per heavy atom. The first-order valence-electron chi connectivity index (χ1n) is 9.68. The molecule has 0 heterocycles. The molecule has 0 bridgehead atoms. The predicted molar refractivity (Wildman–Crippen MR) is 124 cm³/mol. The fourth-order valence-corrected chi connectivity index (χ4v) is 3.32. The Hall–Kier alpha value is -3.51. The molecule has 0 saturated carbocycles. The molecule has 0 aromatic heterocycles. The lowest BCUT2D eigenvalue weighted by molar-refractivity contribution is -0.120. The first kappa shape index (κ1) is 21.2. The molecule has 2 amide bonds. The van der Waals surface area contributed by atoms with Crippen LogP contribution in [0.3, 0.4) is 0 Å². The number of carbonyl (C=O) groups is 2. The van der Waals surface area contributed by atoms with Gasteiger partial charge >= 0.3 is 0 Å². The third-order valence-electron chi connectivity index (χ3n) is 4.51. The molecule has 0 unspecified atom stereocenters. The topological polar surface area (TPSA) is 70.2 Å². The highest BCUT2D eigenvalue weighted by Gasteiger charge is 2.23. The average Bonchev–Trinajstić information content (AvgIpc) is 2.76. The number of anilines is 1.